The first-order valence-electron chi connectivity index (χ1n) is 9.63. The Morgan fingerprint density at radius 2 is 2.00 bits per heavy atom. The molecule has 1 saturated heterocycles. The zero-order valence-corrected chi connectivity index (χ0v) is 16.1. The average Bonchev–Trinajstić information content (AvgIpc) is 3.26. The molecule has 4 amide bonds. The molecule has 1 aromatic heterocycles. The number of urea groups is 1. The zero-order valence-electron chi connectivity index (χ0n) is 16.1. The summed E-state index contributed by atoms with van der Waals surface area (Å²) in [7, 11) is 0. The number of hydrogen-bond acceptors (Lipinski definition) is 7. The number of esters is 1. The van der Waals surface area contributed by atoms with Crippen LogP contribution in [-0.2, 0) is 19.1 Å². The van der Waals surface area contributed by atoms with Gasteiger partial charge in [-0.2, -0.15) is 5.01 Å². The molecule has 1 saturated carbocycles. The Balaban J connectivity index is 1.28. The standard InChI is InChI=1S/C20H20N4O6/c25-15(23-24-18(27)20(22-19(24)28)10-4-1-5-11-20)12-29-17(26)9-8-16-21-13-6-2-3-7-14(13)30-16/h2-3,6-9H,1,4-5,10-12H2,(H,22,28)(H,23,25)/b9-8+. The topological polar surface area (TPSA) is 131 Å². The first-order chi connectivity index (χ1) is 14.5. The number of aromatic nitrogens is 1. The number of imide groups is 1. The molecule has 30 heavy (non-hydrogen) atoms. The van der Waals surface area contributed by atoms with Crippen LogP contribution in [0.2, 0.25) is 0 Å². The summed E-state index contributed by atoms with van der Waals surface area (Å²) in [4.78, 5) is 52.7. The number of benzene rings is 1. The number of carbonyl (C=O) groups excluding carboxylic acids is 4. The maximum Gasteiger partial charge on any atom is 0.344 e. The van der Waals surface area contributed by atoms with Crippen LogP contribution in [0, 0.1) is 0 Å². The lowest BCUT2D eigenvalue weighted by Gasteiger charge is -2.30. The van der Waals surface area contributed by atoms with Crippen LogP contribution in [0.25, 0.3) is 17.2 Å². The minimum Gasteiger partial charge on any atom is -0.452 e. The number of oxazole rings is 1. The van der Waals surface area contributed by atoms with E-state index in [0.29, 0.717) is 29.0 Å². The number of hydrogen-bond donors (Lipinski definition) is 2. The zero-order chi connectivity index (χ0) is 21.1. The van der Waals surface area contributed by atoms with Crippen molar-refractivity contribution in [2.75, 3.05) is 6.61 Å². The van der Waals surface area contributed by atoms with Crippen molar-refractivity contribution in [3.05, 3.63) is 36.2 Å². The normalized spacial score (nSPS) is 18.2. The fourth-order valence-corrected chi connectivity index (χ4v) is 3.66. The third-order valence-electron chi connectivity index (χ3n) is 5.12. The fourth-order valence-electron chi connectivity index (χ4n) is 3.66. The number of fused-ring (bicyclic) bond motifs is 1. The Morgan fingerprint density at radius 1 is 1.23 bits per heavy atom. The number of carbonyl (C=O) groups is 4. The maximum atomic E-state index is 12.6. The Bertz CT molecular complexity index is 1000. The lowest BCUT2D eigenvalue weighted by Crippen LogP contribution is -2.51. The molecule has 2 N–H and O–H groups in total. The van der Waals surface area contributed by atoms with Gasteiger partial charge in [0.25, 0.3) is 11.8 Å². The van der Waals surface area contributed by atoms with Gasteiger partial charge in [-0.05, 0) is 25.0 Å². The van der Waals surface area contributed by atoms with Crippen molar-refractivity contribution in [1.82, 2.24) is 20.7 Å². The third kappa shape index (κ3) is 3.88. The number of amides is 4. The predicted octanol–water partition coefficient (Wildman–Crippen LogP) is 1.67. The van der Waals surface area contributed by atoms with Crippen LogP contribution in [0.5, 0.6) is 0 Å². The number of hydrazine groups is 1. The van der Waals surface area contributed by atoms with E-state index in [4.69, 9.17) is 9.15 Å². The quantitative estimate of drug-likeness (QED) is 0.434. The lowest BCUT2D eigenvalue weighted by atomic mass is 9.82. The molecule has 1 aromatic carbocycles. The second-order valence-electron chi connectivity index (χ2n) is 7.21. The smallest absolute Gasteiger partial charge is 0.344 e. The lowest BCUT2D eigenvalue weighted by molar-refractivity contribution is -0.147. The van der Waals surface area contributed by atoms with Gasteiger partial charge in [-0.3, -0.25) is 15.0 Å². The van der Waals surface area contributed by atoms with Crippen LogP contribution in [-0.4, -0.2) is 46.0 Å². The summed E-state index contributed by atoms with van der Waals surface area (Å²) < 4.78 is 10.3. The highest BCUT2D eigenvalue weighted by molar-refractivity contribution is 6.08. The van der Waals surface area contributed by atoms with Gasteiger partial charge in [0.15, 0.2) is 12.2 Å². The van der Waals surface area contributed by atoms with Crippen LogP contribution in [0.15, 0.2) is 34.8 Å². The van der Waals surface area contributed by atoms with Crippen LogP contribution in [0.3, 0.4) is 0 Å². The van der Waals surface area contributed by atoms with E-state index in [1.807, 2.05) is 6.07 Å². The second kappa shape index (κ2) is 7.97. The molecule has 156 valence electrons. The SMILES string of the molecule is O=C(COC(=O)/C=C/c1nc2ccccc2o1)NN1C(=O)NC2(CCCCC2)C1=O. The molecule has 2 aromatic rings. The summed E-state index contributed by atoms with van der Waals surface area (Å²) in [6, 6.07) is 6.45. The highest BCUT2D eigenvalue weighted by atomic mass is 16.5. The van der Waals surface area contributed by atoms with E-state index in [1.54, 1.807) is 18.2 Å². The number of nitrogens with one attached hydrogen (secondary N) is 2. The Labute approximate surface area is 171 Å². The van der Waals surface area contributed by atoms with Crippen molar-refractivity contribution < 1.29 is 28.3 Å². The van der Waals surface area contributed by atoms with E-state index in [-0.39, 0.29) is 5.89 Å². The summed E-state index contributed by atoms with van der Waals surface area (Å²) in [5.41, 5.74) is 2.48. The van der Waals surface area contributed by atoms with Gasteiger partial charge >= 0.3 is 12.0 Å². The van der Waals surface area contributed by atoms with Gasteiger partial charge in [-0.1, -0.05) is 31.4 Å². The molecular weight excluding hydrogens is 392 g/mol. The Morgan fingerprint density at radius 3 is 2.77 bits per heavy atom. The molecule has 10 heteroatoms. The first-order valence-corrected chi connectivity index (χ1v) is 9.63. The van der Waals surface area contributed by atoms with Gasteiger partial charge in [0.05, 0.1) is 0 Å². The highest BCUT2D eigenvalue weighted by Crippen LogP contribution is 2.32. The summed E-state index contributed by atoms with van der Waals surface area (Å²) >= 11 is 0. The van der Waals surface area contributed by atoms with Crippen molar-refractivity contribution in [1.29, 1.82) is 0 Å². The Kier molecular flexibility index (Phi) is 5.21. The number of rotatable bonds is 5. The van der Waals surface area contributed by atoms with Crippen LogP contribution >= 0.6 is 0 Å². The van der Waals surface area contributed by atoms with Gasteiger partial charge in [-0.25, -0.2) is 14.6 Å². The van der Waals surface area contributed by atoms with Crippen molar-refractivity contribution in [3.63, 3.8) is 0 Å². The van der Waals surface area contributed by atoms with E-state index >= 15 is 0 Å². The largest absolute Gasteiger partial charge is 0.452 e. The van der Waals surface area contributed by atoms with E-state index in [0.717, 1.165) is 25.3 Å². The molecule has 0 atom stereocenters. The molecule has 1 aliphatic heterocycles. The average molecular weight is 412 g/mol. The Hall–Kier alpha value is -3.69. The van der Waals surface area contributed by atoms with Crippen LogP contribution < -0.4 is 10.7 Å². The van der Waals surface area contributed by atoms with Crippen LogP contribution in [0.4, 0.5) is 4.79 Å². The summed E-state index contributed by atoms with van der Waals surface area (Å²) in [5, 5.41) is 3.34. The molecule has 0 radical (unpaired) electrons. The molecule has 1 aliphatic carbocycles. The van der Waals surface area contributed by atoms with E-state index < -0.39 is 36.0 Å². The number of para-hydroxylation sites is 2. The predicted molar refractivity (Wildman–Crippen MR) is 103 cm³/mol. The highest BCUT2D eigenvalue weighted by Gasteiger charge is 2.52. The van der Waals surface area contributed by atoms with Crippen molar-refractivity contribution in [3.8, 4) is 0 Å². The maximum absolute atomic E-state index is 12.6. The van der Waals surface area contributed by atoms with Gasteiger partial charge in [0, 0.05) is 12.2 Å². The molecule has 2 heterocycles. The fraction of sp³-hybridized carbons (Fsp3) is 0.350. The molecular formula is C20H20N4O6. The minimum absolute atomic E-state index is 0.217. The summed E-state index contributed by atoms with van der Waals surface area (Å²) in [6.07, 6.45) is 6.15. The molecule has 1 spiro atoms. The summed E-state index contributed by atoms with van der Waals surface area (Å²) in [5.74, 6) is -1.86. The second-order valence-corrected chi connectivity index (χ2v) is 7.21. The van der Waals surface area contributed by atoms with Gasteiger partial charge in [-0.15, -0.1) is 0 Å². The molecule has 4 rings (SSSR count). The van der Waals surface area contributed by atoms with E-state index in [1.165, 1.54) is 6.08 Å². The van der Waals surface area contributed by atoms with Gasteiger partial charge in [0.1, 0.15) is 11.1 Å². The monoisotopic (exact) mass is 412 g/mol. The van der Waals surface area contributed by atoms with Crippen molar-refractivity contribution in [2.45, 2.75) is 37.6 Å². The summed E-state index contributed by atoms with van der Waals surface area (Å²) in [6.45, 7) is -0.652. The van der Waals surface area contributed by atoms with Crippen LogP contribution in [0.1, 0.15) is 38.0 Å². The van der Waals surface area contributed by atoms with Gasteiger partial charge < -0.3 is 14.5 Å². The molecule has 2 aliphatic rings. The molecule has 0 bridgehead atoms. The van der Waals surface area contributed by atoms with Gasteiger partial charge in [0.2, 0.25) is 5.89 Å². The van der Waals surface area contributed by atoms with E-state index in [2.05, 4.69) is 15.7 Å². The molecule has 2 fully saturated rings. The third-order valence-corrected chi connectivity index (χ3v) is 5.12. The number of nitrogens with zero attached hydrogens (tertiary/aromatic N) is 2. The minimum atomic E-state index is -0.943. The first kappa shape index (κ1) is 19.6. The molecule has 10 nitrogen and oxygen atoms in total. The van der Waals surface area contributed by atoms with Crippen molar-refractivity contribution in [2.24, 2.45) is 0 Å². The van der Waals surface area contributed by atoms with E-state index in [9.17, 15) is 19.2 Å². The number of ether oxygens (including phenoxy) is 1. The molecule has 0 unspecified atom stereocenters. The van der Waals surface area contributed by atoms with Crippen molar-refractivity contribution >= 4 is 41.0 Å².